The van der Waals surface area contributed by atoms with Gasteiger partial charge in [0.2, 0.25) is 5.88 Å². The third-order valence-electron chi connectivity index (χ3n) is 8.32. The number of hydrogen-bond donors (Lipinski definition) is 1. The molecule has 10 nitrogen and oxygen atoms in total. The molecule has 0 bridgehead atoms. The van der Waals surface area contributed by atoms with Crippen molar-refractivity contribution in [2.24, 2.45) is 0 Å². The van der Waals surface area contributed by atoms with Gasteiger partial charge in [-0.25, -0.2) is 9.18 Å². The second kappa shape index (κ2) is 14.5. The maximum Gasteiger partial charge on any atom is 0.335 e. The Bertz CT molecular complexity index is 1590. The standard InChI is InChI=1S/C34H39FN6O4/c1-4-5-28(41(21-29-10-13-44-29)31-15-26(34(42)43)8-6-23(31)2)20-39-11-12-40(19-24(39)3)32-17-37-18-33(38-32)45-22-27-9-7-25(16-36)14-30(27)35/h5-9,14-15,17-18,24,29H,4,10-13,19-22H2,1-3H3,(H,42,43)/b28-5+. The van der Waals surface area contributed by atoms with E-state index in [0.717, 1.165) is 56.0 Å². The van der Waals surface area contributed by atoms with Crippen LogP contribution in [0.5, 0.6) is 5.88 Å². The molecule has 11 heteroatoms. The number of aryl methyl sites for hydroxylation is 1. The third-order valence-corrected chi connectivity index (χ3v) is 8.32. The molecule has 2 aromatic carbocycles. The minimum Gasteiger partial charge on any atom is -0.478 e. The van der Waals surface area contributed by atoms with Crippen molar-refractivity contribution in [2.75, 3.05) is 49.1 Å². The fourth-order valence-corrected chi connectivity index (χ4v) is 5.62. The van der Waals surface area contributed by atoms with Crippen molar-refractivity contribution in [1.29, 1.82) is 5.26 Å². The molecule has 0 radical (unpaired) electrons. The number of ether oxygens (including phenoxy) is 2. The lowest BCUT2D eigenvalue weighted by atomic mass is 10.1. The van der Waals surface area contributed by atoms with Gasteiger partial charge >= 0.3 is 5.97 Å². The molecule has 5 rings (SSSR count). The molecule has 2 fully saturated rings. The molecule has 2 unspecified atom stereocenters. The van der Waals surface area contributed by atoms with Crippen molar-refractivity contribution < 1.29 is 23.8 Å². The van der Waals surface area contributed by atoms with E-state index in [0.29, 0.717) is 30.4 Å². The quantitative estimate of drug-likeness (QED) is 0.293. The molecule has 0 aliphatic carbocycles. The Hall–Kier alpha value is -4.53. The number of rotatable bonds is 12. The highest BCUT2D eigenvalue weighted by Gasteiger charge is 2.30. The van der Waals surface area contributed by atoms with Gasteiger partial charge in [0.25, 0.3) is 0 Å². The highest BCUT2D eigenvalue weighted by Crippen LogP contribution is 2.30. The molecule has 2 aliphatic heterocycles. The molecule has 2 atom stereocenters. The number of aromatic nitrogens is 2. The van der Waals surface area contributed by atoms with E-state index in [-0.39, 0.29) is 29.9 Å². The molecule has 3 aromatic rings. The number of allylic oxidation sites excluding steroid dienone is 1. The van der Waals surface area contributed by atoms with Crippen molar-refractivity contribution in [1.82, 2.24) is 14.9 Å². The smallest absolute Gasteiger partial charge is 0.335 e. The van der Waals surface area contributed by atoms with Crippen LogP contribution in [0.25, 0.3) is 0 Å². The molecule has 0 saturated carbocycles. The van der Waals surface area contributed by atoms with E-state index in [1.807, 2.05) is 19.1 Å². The van der Waals surface area contributed by atoms with E-state index < -0.39 is 11.8 Å². The Morgan fingerprint density at radius 2 is 2.09 bits per heavy atom. The maximum atomic E-state index is 14.3. The van der Waals surface area contributed by atoms with Crippen LogP contribution in [0.4, 0.5) is 15.9 Å². The minimum atomic E-state index is -0.944. The van der Waals surface area contributed by atoms with Crippen molar-refractivity contribution in [3.05, 3.63) is 88.6 Å². The van der Waals surface area contributed by atoms with E-state index in [1.165, 1.54) is 18.3 Å². The Kier molecular flexibility index (Phi) is 10.3. The molecule has 236 valence electrons. The molecule has 0 spiro atoms. The minimum absolute atomic E-state index is 0.0242. The van der Waals surface area contributed by atoms with Gasteiger partial charge in [0.05, 0.1) is 35.7 Å². The highest BCUT2D eigenvalue weighted by molar-refractivity contribution is 5.89. The maximum absolute atomic E-state index is 14.3. The number of benzene rings is 2. The molecule has 0 amide bonds. The van der Waals surface area contributed by atoms with Gasteiger partial charge in [0, 0.05) is 62.3 Å². The van der Waals surface area contributed by atoms with Crippen LogP contribution in [0.2, 0.25) is 0 Å². The summed E-state index contributed by atoms with van der Waals surface area (Å²) < 4.78 is 25.9. The lowest BCUT2D eigenvalue weighted by molar-refractivity contribution is -0.0440. The summed E-state index contributed by atoms with van der Waals surface area (Å²) in [5.41, 5.74) is 3.89. The van der Waals surface area contributed by atoms with Crippen LogP contribution in [-0.4, -0.2) is 77.4 Å². The van der Waals surface area contributed by atoms with Crippen LogP contribution in [0.3, 0.4) is 0 Å². The predicted octanol–water partition coefficient (Wildman–Crippen LogP) is 5.17. The number of carboxylic acid groups (broad SMARTS) is 1. The van der Waals surface area contributed by atoms with E-state index in [1.54, 1.807) is 24.4 Å². The summed E-state index contributed by atoms with van der Waals surface area (Å²) in [5, 5.41) is 18.7. The summed E-state index contributed by atoms with van der Waals surface area (Å²) in [4.78, 5) is 27.6. The number of nitriles is 1. The van der Waals surface area contributed by atoms with Crippen LogP contribution < -0.4 is 14.5 Å². The number of anilines is 2. The second-order valence-corrected chi connectivity index (χ2v) is 11.5. The largest absolute Gasteiger partial charge is 0.478 e. The third kappa shape index (κ3) is 7.77. The van der Waals surface area contributed by atoms with Crippen molar-refractivity contribution >= 4 is 17.5 Å². The zero-order valence-electron chi connectivity index (χ0n) is 25.9. The Labute approximate surface area is 263 Å². The summed E-state index contributed by atoms with van der Waals surface area (Å²) in [5.74, 6) is -0.454. The summed E-state index contributed by atoms with van der Waals surface area (Å²) in [6.45, 7) is 10.6. The normalized spacial score (nSPS) is 18.6. The van der Waals surface area contributed by atoms with Gasteiger partial charge in [-0.1, -0.05) is 25.1 Å². The molecular formula is C34H39FN6O4. The van der Waals surface area contributed by atoms with Crippen molar-refractivity contribution in [3.8, 4) is 11.9 Å². The average molecular weight is 615 g/mol. The molecular weight excluding hydrogens is 575 g/mol. The summed E-state index contributed by atoms with van der Waals surface area (Å²) >= 11 is 0. The zero-order chi connectivity index (χ0) is 31.9. The van der Waals surface area contributed by atoms with E-state index in [4.69, 9.17) is 14.7 Å². The SMILES string of the molecule is CC/C=C(\CN1CCN(c2cncc(OCc3ccc(C#N)cc3F)n2)CC1C)N(CC1CCO1)c1cc(C(=O)O)ccc1C. The molecule has 3 heterocycles. The van der Waals surface area contributed by atoms with Crippen LogP contribution in [0.1, 0.15) is 53.7 Å². The first-order valence-electron chi connectivity index (χ1n) is 15.3. The van der Waals surface area contributed by atoms with Crippen molar-refractivity contribution in [3.63, 3.8) is 0 Å². The molecule has 2 saturated heterocycles. The fraction of sp³-hybridized carbons (Fsp3) is 0.412. The summed E-state index contributed by atoms with van der Waals surface area (Å²) in [6, 6.07) is 11.7. The number of piperazine rings is 1. The Balaban J connectivity index is 1.27. The first-order chi connectivity index (χ1) is 21.7. The van der Waals surface area contributed by atoms with E-state index >= 15 is 0 Å². The first kappa shape index (κ1) is 31.9. The van der Waals surface area contributed by atoms with Crippen LogP contribution >= 0.6 is 0 Å². The Morgan fingerprint density at radius 1 is 1.27 bits per heavy atom. The monoisotopic (exact) mass is 614 g/mol. The fourth-order valence-electron chi connectivity index (χ4n) is 5.62. The Morgan fingerprint density at radius 3 is 2.76 bits per heavy atom. The van der Waals surface area contributed by atoms with Crippen LogP contribution in [-0.2, 0) is 11.3 Å². The topological polar surface area (TPSA) is 115 Å². The van der Waals surface area contributed by atoms with Crippen molar-refractivity contribution in [2.45, 2.75) is 52.4 Å². The molecule has 2 aliphatic rings. The molecule has 1 aromatic heterocycles. The number of carbonyl (C=O) groups is 1. The predicted molar refractivity (Wildman–Crippen MR) is 169 cm³/mol. The van der Waals surface area contributed by atoms with E-state index in [2.05, 4.69) is 44.6 Å². The average Bonchev–Trinajstić information content (AvgIpc) is 3.01. The summed E-state index contributed by atoms with van der Waals surface area (Å²) in [7, 11) is 0. The molecule has 45 heavy (non-hydrogen) atoms. The van der Waals surface area contributed by atoms with Gasteiger partial charge in [-0.05, 0) is 56.5 Å². The number of hydrogen-bond acceptors (Lipinski definition) is 9. The number of aromatic carboxylic acids is 1. The van der Waals surface area contributed by atoms with Crippen LogP contribution in [0, 0.1) is 24.1 Å². The lowest BCUT2D eigenvalue weighted by Crippen LogP contribution is -2.53. The zero-order valence-corrected chi connectivity index (χ0v) is 25.9. The summed E-state index contributed by atoms with van der Waals surface area (Å²) in [6.07, 6.45) is 7.38. The van der Waals surface area contributed by atoms with Gasteiger partial charge < -0.3 is 24.4 Å². The number of nitrogens with zero attached hydrogens (tertiary/aromatic N) is 6. The molecule has 1 N–H and O–H groups in total. The van der Waals surface area contributed by atoms with Gasteiger partial charge in [0.15, 0.2) is 5.82 Å². The second-order valence-electron chi connectivity index (χ2n) is 11.5. The number of halogens is 1. The van der Waals surface area contributed by atoms with Crippen LogP contribution in [0.15, 0.2) is 60.6 Å². The number of carboxylic acids is 1. The van der Waals surface area contributed by atoms with Gasteiger partial charge in [-0.3, -0.25) is 9.88 Å². The van der Waals surface area contributed by atoms with Gasteiger partial charge in [-0.2, -0.15) is 10.2 Å². The van der Waals surface area contributed by atoms with E-state index in [9.17, 15) is 14.3 Å². The lowest BCUT2D eigenvalue weighted by Gasteiger charge is -2.43. The van der Waals surface area contributed by atoms with Gasteiger partial charge in [-0.15, -0.1) is 0 Å². The first-order valence-corrected chi connectivity index (χ1v) is 15.3. The van der Waals surface area contributed by atoms with Gasteiger partial charge in [0.1, 0.15) is 12.4 Å². The highest BCUT2D eigenvalue weighted by atomic mass is 19.1.